The zero-order valence-electron chi connectivity index (χ0n) is 11.5. The van der Waals surface area contributed by atoms with E-state index >= 15 is 0 Å². The van der Waals surface area contributed by atoms with Crippen molar-refractivity contribution in [3.63, 3.8) is 0 Å². The number of hydrogen-bond donors (Lipinski definition) is 1. The van der Waals surface area contributed by atoms with E-state index in [2.05, 4.69) is 34.2 Å². The number of hydrogen-bond acceptors (Lipinski definition) is 2. The van der Waals surface area contributed by atoms with E-state index in [1.165, 1.54) is 0 Å². The van der Waals surface area contributed by atoms with Gasteiger partial charge in [-0.3, -0.25) is 0 Å². The van der Waals surface area contributed by atoms with E-state index in [9.17, 15) is 0 Å². The van der Waals surface area contributed by atoms with Gasteiger partial charge < -0.3 is 10.1 Å². The van der Waals surface area contributed by atoms with Crippen LogP contribution in [0.25, 0.3) is 0 Å². The molecular weight excluding hydrogens is 338 g/mol. The first-order valence-corrected chi connectivity index (χ1v) is 7.67. The predicted octanol–water partition coefficient (Wildman–Crippen LogP) is 5.67. The number of ether oxygens (including phenoxy) is 1. The molecule has 0 heterocycles. The summed E-state index contributed by atoms with van der Waals surface area (Å²) in [5, 5.41) is 4.25. The Bertz CT molecular complexity index is 588. The van der Waals surface area contributed by atoms with Gasteiger partial charge in [0.15, 0.2) is 0 Å². The topological polar surface area (TPSA) is 21.3 Å². The third-order valence-corrected chi connectivity index (χ3v) is 4.07. The van der Waals surface area contributed by atoms with E-state index in [0.29, 0.717) is 5.02 Å². The van der Waals surface area contributed by atoms with Crippen LogP contribution in [-0.2, 0) is 0 Å². The van der Waals surface area contributed by atoms with Crippen LogP contribution in [0.3, 0.4) is 0 Å². The molecule has 2 aromatic rings. The van der Waals surface area contributed by atoms with E-state index in [0.717, 1.165) is 27.9 Å². The Hall–Kier alpha value is -1.19. The lowest BCUT2D eigenvalue weighted by molar-refractivity contribution is 0.406. The van der Waals surface area contributed by atoms with Gasteiger partial charge in [0.1, 0.15) is 5.75 Å². The van der Waals surface area contributed by atoms with Gasteiger partial charge in [0.25, 0.3) is 0 Å². The standard InChI is InChI=1S/C16H17BrClNO/c1-3-14(12-6-4-5-7-16(12)20-2)19-15-9-8-11(18)10-13(15)17/h4-10,14,19H,3H2,1-2H3. The highest BCUT2D eigenvalue weighted by molar-refractivity contribution is 9.10. The third-order valence-electron chi connectivity index (χ3n) is 3.18. The lowest BCUT2D eigenvalue weighted by Crippen LogP contribution is -2.11. The maximum Gasteiger partial charge on any atom is 0.124 e. The second-order valence-corrected chi connectivity index (χ2v) is 5.76. The molecule has 0 amide bonds. The molecule has 2 rings (SSSR count). The van der Waals surface area contributed by atoms with Crippen LogP contribution in [0, 0.1) is 0 Å². The van der Waals surface area contributed by atoms with Gasteiger partial charge in [-0.25, -0.2) is 0 Å². The van der Waals surface area contributed by atoms with Crippen molar-refractivity contribution in [1.29, 1.82) is 0 Å². The summed E-state index contributed by atoms with van der Waals surface area (Å²) < 4.78 is 6.40. The summed E-state index contributed by atoms with van der Waals surface area (Å²) in [6, 6.07) is 14.0. The maximum atomic E-state index is 5.97. The molecule has 0 aliphatic heterocycles. The number of benzene rings is 2. The highest BCUT2D eigenvalue weighted by atomic mass is 79.9. The largest absolute Gasteiger partial charge is 0.496 e. The first-order chi connectivity index (χ1) is 9.65. The van der Waals surface area contributed by atoms with E-state index in [-0.39, 0.29) is 6.04 Å². The molecule has 106 valence electrons. The average molecular weight is 355 g/mol. The quantitative estimate of drug-likeness (QED) is 0.746. The van der Waals surface area contributed by atoms with Gasteiger partial charge in [-0.05, 0) is 46.6 Å². The molecule has 1 atom stereocenters. The fraction of sp³-hybridized carbons (Fsp3) is 0.250. The van der Waals surface area contributed by atoms with Crippen molar-refractivity contribution in [2.24, 2.45) is 0 Å². The van der Waals surface area contributed by atoms with Gasteiger partial charge >= 0.3 is 0 Å². The van der Waals surface area contributed by atoms with Gasteiger partial charge in [0, 0.05) is 20.7 Å². The minimum atomic E-state index is 0.184. The van der Waals surface area contributed by atoms with E-state index in [1.807, 2.05) is 36.4 Å². The molecule has 1 unspecified atom stereocenters. The van der Waals surface area contributed by atoms with Crippen molar-refractivity contribution in [2.75, 3.05) is 12.4 Å². The molecule has 4 heteroatoms. The summed E-state index contributed by atoms with van der Waals surface area (Å²) in [6.07, 6.45) is 0.954. The van der Waals surface area contributed by atoms with Crippen molar-refractivity contribution in [2.45, 2.75) is 19.4 Å². The zero-order valence-corrected chi connectivity index (χ0v) is 13.8. The Morgan fingerprint density at radius 1 is 1.25 bits per heavy atom. The Morgan fingerprint density at radius 2 is 2.00 bits per heavy atom. The molecule has 0 bridgehead atoms. The van der Waals surface area contributed by atoms with Crippen molar-refractivity contribution < 1.29 is 4.74 Å². The van der Waals surface area contributed by atoms with Crippen LogP contribution in [0.15, 0.2) is 46.9 Å². The number of anilines is 1. The minimum absolute atomic E-state index is 0.184. The van der Waals surface area contributed by atoms with Crippen LogP contribution < -0.4 is 10.1 Å². The van der Waals surface area contributed by atoms with Gasteiger partial charge in [-0.1, -0.05) is 36.7 Å². The second-order valence-electron chi connectivity index (χ2n) is 4.47. The smallest absolute Gasteiger partial charge is 0.124 e. The molecule has 1 N–H and O–H groups in total. The van der Waals surface area contributed by atoms with Crippen LogP contribution >= 0.6 is 27.5 Å². The molecule has 0 aromatic heterocycles. The Morgan fingerprint density at radius 3 is 2.65 bits per heavy atom. The number of methoxy groups -OCH3 is 1. The number of halogens is 2. The summed E-state index contributed by atoms with van der Waals surface area (Å²) >= 11 is 9.51. The molecule has 2 aromatic carbocycles. The molecule has 20 heavy (non-hydrogen) atoms. The fourth-order valence-electron chi connectivity index (χ4n) is 2.15. The third kappa shape index (κ3) is 3.47. The van der Waals surface area contributed by atoms with Crippen LogP contribution in [0.1, 0.15) is 24.9 Å². The summed E-state index contributed by atoms with van der Waals surface area (Å²) in [4.78, 5) is 0. The van der Waals surface area contributed by atoms with E-state index < -0.39 is 0 Å². The molecule has 0 fully saturated rings. The Kier molecular flexibility index (Phi) is 5.32. The molecular formula is C16H17BrClNO. The minimum Gasteiger partial charge on any atom is -0.496 e. The van der Waals surface area contributed by atoms with Crippen LogP contribution in [0.4, 0.5) is 5.69 Å². The highest BCUT2D eigenvalue weighted by Gasteiger charge is 2.15. The van der Waals surface area contributed by atoms with Gasteiger partial charge in [0.05, 0.1) is 13.2 Å². The van der Waals surface area contributed by atoms with E-state index in [1.54, 1.807) is 7.11 Å². The van der Waals surface area contributed by atoms with Crippen molar-refractivity contribution in [3.8, 4) is 5.75 Å². The van der Waals surface area contributed by atoms with Crippen molar-refractivity contribution in [1.82, 2.24) is 0 Å². The lowest BCUT2D eigenvalue weighted by Gasteiger charge is -2.21. The lowest BCUT2D eigenvalue weighted by atomic mass is 10.0. The summed E-state index contributed by atoms with van der Waals surface area (Å²) in [5.41, 5.74) is 2.17. The van der Waals surface area contributed by atoms with Crippen molar-refractivity contribution in [3.05, 3.63) is 57.5 Å². The first kappa shape index (κ1) is 15.2. The maximum absolute atomic E-state index is 5.97. The average Bonchev–Trinajstić information content (AvgIpc) is 2.46. The van der Waals surface area contributed by atoms with Crippen molar-refractivity contribution >= 4 is 33.2 Å². The van der Waals surface area contributed by atoms with Gasteiger partial charge in [-0.2, -0.15) is 0 Å². The first-order valence-electron chi connectivity index (χ1n) is 6.50. The SMILES string of the molecule is CCC(Nc1ccc(Cl)cc1Br)c1ccccc1OC. The second kappa shape index (κ2) is 7.00. The molecule has 0 radical (unpaired) electrons. The summed E-state index contributed by atoms with van der Waals surface area (Å²) in [6.45, 7) is 2.15. The zero-order chi connectivity index (χ0) is 14.5. The summed E-state index contributed by atoms with van der Waals surface area (Å²) in [7, 11) is 1.70. The molecule has 0 aliphatic rings. The molecule has 0 saturated carbocycles. The number of nitrogens with one attached hydrogen (secondary N) is 1. The van der Waals surface area contributed by atoms with Crippen LogP contribution in [0.2, 0.25) is 5.02 Å². The predicted molar refractivity (Wildman–Crippen MR) is 88.8 cm³/mol. The molecule has 0 saturated heterocycles. The number of para-hydroxylation sites is 1. The Labute approximate surface area is 133 Å². The highest BCUT2D eigenvalue weighted by Crippen LogP contribution is 2.33. The normalized spacial score (nSPS) is 12.0. The monoisotopic (exact) mass is 353 g/mol. The number of rotatable bonds is 5. The molecule has 0 spiro atoms. The summed E-state index contributed by atoms with van der Waals surface area (Å²) in [5.74, 6) is 0.900. The van der Waals surface area contributed by atoms with Gasteiger partial charge in [0.2, 0.25) is 0 Å². The molecule has 0 aliphatic carbocycles. The van der Waals surface area contributed by atoms with Crippen LogP contribution in [-0.4, -0.2) is 7.11 Å². The van der Waals surface area contributed by atoms with Crippen LogP contribution in [0.5, 0.6) is 5.75 Å². The molecule has 2 nitrogen and oxygen atoms in total. The van der Waals surface area contributed by atoms with E-state index in [4.69, 9.17) is 16.3 Å². The fourth-order valence-corrected chi connectivity index (χ4v) is 2.95. The Balaban J connectivity index is 2.29. The van der Waals surface area contributed by atoms with Gasteiger partial charge in [-0.15, -0.1) is 0 Å².